The second-order valence-corrected chi connectivity index (χ2v) is 3.98. The number of ether oxygens (including phenoxy) is 3. The predicted octanol–water partition coefficient (Wildman–Crippen LogP) is 2.75. The summed E-state index contributed by atoms with van der Waals surface area (Å²) in [6.07, 6.45) is -0.200. The van der Waals surface area contributed by atoms with Crippen molar-refractivity contribution in [3.05, 3.63) is 28.8 Å². The van der Waals surface area contributed by atoms with Gasteiger partial charge >= 0.3 is 0 Å². The minimum atomic E-state index is -0.200. The second-order valence-electron chi connectivity index (χ2n) is 3.98. The summed E-state index contributed by atoms with van der Waals surface area (Å²) in [5, 5.41) is 0. The Labute approximate surface area is 96.3 Å². The first-order valence-corrected chi connectivity index (χ1v) is 5.69. The maximum atomic E-state index is 5.55. The fourth-order valence-electron chi connectivity index (χ4n) is 1.91. The van der Waals surface area contributed by atoms with Crippen molar-refractivity contribution in [3.8, 4) is 5.75 Å². The van der Waals surface area contributed by atoms with E-state index in [0.717, 1.165) is 22.4 Å². The summed E-state index contributed by atoms with van der Waals surface area (Å²) in [5.74, 6) is 0.946. The molecule has 3 heteroatoms. The molecule has 1 aliphatic heterocycles. The lowest BCUT2D eigenvalue weighted by atomic mass is 10.0. The van der Waals surface area contributed by atoms with Gasteiger partial charge in [-0.25, -0.2) is 0 Å². The number of benzene rings is 1. The van der Waals surface area contributed by atoms with Gasteiger partial charge in [-0.1, -0.05) is 0 Å². The number of hydrogen-bond acceptors (Lipinski definition) is 3. The summed E-state index contributed by atoms with van der Waals surface area (Å²) in [5.41, 5.74) is 3.39. The maximum absolute atomic E-state index is 5.55. The Hall–Kier alpha value is -1.06. The van der Waals surface area contributed by atoms with Crippen LogP contribution >= 0.6 is 0 Å². The van der Waals surface area contributed by atoms with Gasteiger partial charge in [0.05, 0.1) is 19.8 Å². The fraction of sp³-hybridized carbons (Fsp3) is 0.538. The molecular formula is C13H18O3. The van der Waals surface area contributed by atoms with Crippen molar-refractivity contribution >= 4 is 0 Å². The van der Waals surface area contributed by atoms with E-state index in [9.17, 15) is 0 Å². The van der Waals surface area contributed by atoms with Crippen molar-refractivity contribution in [2.75, 3.05) is 19.8 Å². The third-order valence-electron chi connectivity index (χ3n) is 2.74. The highest BCUT2D eigenvalue weighted by Gasteiger charge is 2.21. The van der Waals surface area contributed by atoms with Gasteiger partial charge in [0, 0.05) is 5.56 Å². The Balaban J connectivity index is 2.29. The van der Waals surface area contributed by atoms with Crippen molar-refractivity contribution in [1.29, 1.82) is 0 Å². The van der Waals surface area contributed by atoms with Crippen LogP contribution in [0.3, 0.4) is 0 Å². The lowest BCUT2D eigenvalue weighted by Crippen LogP contribution is -2.03. The zero-order chi connectivity index (χ0) is 11.5. The third kappa shape index (κ3) is 2.20. The Morgan fingerprint density at radius 2 is 1.88 bits per heavy atom. The van der Waals surface area contributed by atoms with Gasteiger partial charge in [-0.05, 0) is 44.0 Å². The number of rotatable bonds is 3. The minimum absolute atomic E-state index is 0.200. The van der Waals surface area contributed by atoms with E-state index in [-0.39, 0.29) is 6.29 Å². The summed E-state index contributed by atoms with van der Waals surface area (Å²) in [6, 6.07) is 4.15. The molecule has 16 heavy (non-hydrogen) atoms. The Morgan fingerprint density at radius 1 is 1.19 bits per heavy atom. The topological polar surface area (TPSA) is 27.7 Å². The van der Waals surface area contributed by atoms with Crippen LogP contribution in [0.1, 0.15) is 29.9 Å². The van der Waals surface area contributed by atoms with E-state index >= 15 is 0 Å². The molecule has 2 rings (SSSR count). The van der Waals surface area contributed by atoms with E-state index in [1.54, 1.807) is 0 Å². The van der Waals surface area contributed by atoms with Gasteiger partial charge in [-0.15, -0.1) is 0 Å². The van der Waals surface area contributed by atoms with Crippen LogP contribution in [0.15, 0.2) is 12.1 Å². The number of aryl methyl sites for hydroxylation is 2. The van der Waals surface area contributed by atoms with Gasteiger partial charge in [0.1, 0.15) is 5.75 Å². The summed E-state index contributed by atoms with van der Waals surface area (Å²) in [4.78, 5) is 0. The van der Waals surface area contributed by atoms with Crippen molar-refractivity contribution in [3.63, 3.8) is 0 Å². The van der Waals surface area contributed by atoms with Gasteiger partial charge in [-0.2, -0.15) is 0 Å². The maximum Gasteiger partial charge on any atom is 0.184 e. The van der Waals surface area contributed by atoms with Crippen LogP contribution in [-0.4, -0.2) is 19.8 Å². The molecule has 0 amide bonds. The van der Waals surface area contributed by atoms with Gasteiger partial charge in [0.2, 0.25) is 0 Å². The van der Waals surface area contributed by atoms with E-state index in [0.29, 0.717) is 19.8 Å². The standard InChI is InChI=1S/C13H18O3/c1-4-14-12-8-9(2)11(7-10(12)3)13-15-5-6-16-13/h7-8,13H,4-6H2,1-3H3. The van der Waals surface area contributed by atoms with Crippen molar-refractivity contribution in [2.45, 2.75) is 27.1 Å². The molecule has 88 valence electrons. The van der Waals surface area contributed by atoms with Gasteiger partial charge in [0.15, 0.2) is 6.29 Å². The van der Waals surface area contributed by atoms with Crippen molar-refractivity contribution in [2.24, 2.45) is 0 Å². The van der Waals surface area contributed by atoms with E-state index in [4.69, 9.17) is 14.2 Å². The van der Waals surface area contributed by atoms with E-state index in [1.165, 1.54) is 0 Å². The van der Waals surface area contributed by atoms with Crippen molar-refractivity contribution in [1.82, 2.24) is 0 Å². The molecule has 0 bridgehead atoms. The lowest BCUT2D eigenvalue weighted by Gasteiger charge is -2.16. The molecule has 0 atom stereocenters. The molecule has 0 spiro atoms. The normalized spacial score (nSPS) is 16.7. The van der Waals surface area contributed by atoms with Gasteiger partial charge in [0.25, 0.3) is 0 Å². The lowest BCUT2D eigenvalue weighted by molar-refractivity contribution is -0.0446. The molecule has 1 saturated heterocycles. The van der Waals surface area contributed by atoms with E-state index in [1.807, 2.05) is 13.8 Å². The van der Waals surface area contributed by atoms with Gasteiger partial charge in [-0.3, -0.25) is 0 Å². The Kier molecular flexibility index (Phi) is 3.46. The first kappa shape index (κ1) is 11.4. The van der Waals surface area contributed by atoms with Crippen LogP contribution in [0.25, 0.3) is 0 Å². The molecule has 0 aromatic heterocycles. The zero-order valence-corrected chi connectivity index (χ0v) is 10.1. The second kappa shape index (κ2) is 4.85. The molecule has 3 nitrogen and oxygen atoms in total. The first-order valence-electron chi connectivity index (χ1n) is 5.69. The van der Waals surface area contributed by atoms with E-state index in [2.05, 4.69) is 19.1 Å². The minimum Gasteiger partial charge on any atom is -0.494 e. The SMILES string of the molecule is CCOc1cc(C)c(C2OCCO2)cc1C. The molecular weight excluding hydrogens is 204 g/mol. The summed E-state index contributed by atoms with van der Waals surface area (Å²) in [6.45, 7) is 8.14. The highest BCUT2D eigenvalue weighted by atomic mass is 16.7. The molecule has 1 aromatic carbocycles. The molecule has 1 heterocycles. The Bertz CT molecular complexity index is 368. The molecule has 0 aliphatic carbocycles. The molecule has 1 aromatic rings. The van der Waals surface area contributed by atoms with Crippen LogP contribution in [0, 0.1) is 13.8 Å². The highest BCUT2D eigenvalue weighted by molar-refractivity contribution is 5.42. The first-order chi connectivity index (χ1) is 7.72. The molecule has 0 N–H and O–H groups in total. The van der Waals surface area contributed by atoms with Crippen LogP contribution in [0.4, 0.5) is 0 Å². The monoisotopic (exact) mass is 222 g/mol. The molecule has 1 fully saturated rings. The number of hydrogen-bond donors (Lipinski definition) is 0. The van der Waals surface area contributed by atoms with Crippen LogP contribution in [0.2, 0.25) is 0 Å². The molecule has 1 aliphatic rings. The fourth-order valence-corrected chi connectivity index (χ4v) is 1.91. The predicted molar refractivity (Wildman–Crippen MR) is 61.7 cm³/mol. The largest absolute Gasteiger partial charge is 0.494 e. The Morgan fingerprint density at radius 3 is 2.50 bits per heavy atom. The van der Waals surface area contributed by atoms with Crippen LogP contribution in [0.5, 0.6) is 5.75 Å². The summed E-state index contributed by atoms with van der Waals surface area (Å²) in [7, 11) is 0. The zero-order valence-electron chi connectivity index (χ0n) is 10.1. The van der Waals surface area contributed by atoms with Gasteiger partial charge < -0.3 is 14.2 Å². The average Bonchev–Trinajstić information content (AvgIpc) is 2.76. The summed E-state index contributed by atoms with van der Waals surface area (Å²) < 4.78 is 16.6. The average molecular weight is 222 g/mol. The van der Waals surface area contributed by atoms with Crippen molar-refractivity contribution < 1.29 is 14.2 Å². The van der Waals surface area contributed by atoms with Crippen LogP contribution < -0.4 is 4.74 Å². The third-order valence-corrected chi connectivity index (χ3v) is 2.74. The molecule has 0 saturated carbocycles. The smallest absolute Gasteiger partial charge is 0.184 e. The summed E-state index contributed by atoms with van der Waals surface area (Å²) >= 11 is 0. The highest BCUT2D eigenvalue weighted by Crippen LogP contribution is 2.31. The molecule has 0 unspecified atom stereocenters. The van der Waals surface area contributed by atoms with E-state index < -0.39 is 0 Å². The van der Waals surface area contributed by atoms with Crippen LogP contribution in [-0.2, 0) is 9.47 Å². The quantitative estimate of drug-likeness (QED) is 0.787. The molecule has 0 radical (unpaired) electrons.